The molecule has 7 heteroatoms. The lowest BCUT2D eigenvalue weighted by Gasteiger charge is -2.25. The maximum Gasteiger partial charge on any atom is 0.325 e. The van der Waals surface area contributed by atoms with Gasteiger partial charge in [-0.25, -0.2) is 4.79 Å². The van der Waals surface area contributed by atoms with Gasteiger partial charge in [-0.3, -0.25) is 9.69 Å². The van der Waals surface area contributed by atoms with Crippen molar-refractivity contribution >= 4 is 17.6 Å². The number of anilines is 1. The number of hydrogen-bond acceptors (Lipinski definition) is 4. The Kier molecular flexibility index (Phi) is 7.12. The van der Waals surface area contributed by atoms with E-state index in [-0.39, 0.29) is 18.5 Å². The van der Waals surface area contributed by atoms with Gasteiger partial charge in [-0.05, 0) is 25.0 Å². The molecule has 26 heavy (non-hydrogen) atoms. The Morgan fingerprint density at radius 1 is 1.08 bits per heavy atom. The number of rotatable bonds is 9. The van der Waals surface area contributed by atoms with E-state index in [2.05, 4.69) is 13.8 Å². The molecule has 0 N–H and O–H groups in total. The fraction of sp³-hybridized carbons (Fsp3) is 0.579. The Labute approximate surface area is 155 Å². The molecule has 1 aromatic carbocycles. The Hall–Kier alpha value is -2.44. The number of methoxy groups -OCH3 is 2. The van der Waals surface area contributed by atoms with E-state index >= 15 is 0 Å². The van der Waals surface area contributed by atoms with E-state index in [0.717, 1.165) is 31.6 Å². The van der Waals surface area contributed by atoms with Crippen molar-refractivity contribution in [2.45, 2.75) is 26.7 Å². The Morgan fingerprint density at radius 2 is 1.73 bits per heavy atom. The molecule has 144 valence electrons. The number of nitrogens with zero attached hydrogens (tertiary/aromatic N) is 3. The summed E-state index contributed by atoms with van der Waals surface area (Å²) >= 11 is 0. The number of carbonyl (C=O) groups is 2. The van der Waals surface area contributed by atoms with Crippen molar-refractivity contribution in [2.24, 2.45) is 0 Å². The number of ether oxygens (including phenoxy) is 2. The summed E-state index contributed by atoms with van der Waals surface area (Å²) in [5.74, 6) is 1.20. The van der Waals surface area contributed by atoms with Gasteiger partial charge in [0.2, 0.25) is 5.91 Å². The second-order valence-corrected chi connectivity index (χ2v) is 6.28. The monoisotopic (exact) mass is 363 g/mol. The number of hydrogen-bond donors (Lipinski definition) is 0. The fourth-order valence-electron chi connectivity index (χ4n) is 3.13. The van der Waals surface area contributed by atoms with Crippen molar-refractivity contribution in [2.75, 3.05) is 51.8 Å². The molecule has 0 radical (unpaired) electrons. The van der Waals surface area contributed by atoms with E-state index in [0.29, 0.717) is 24.6 Å². The molecular formula is C19H29N3O4. The second kappa shape index (κ2) is 9.31. The molecular weight excluding hydrogens is 334 g/mol. The first kappa shape index (κ1) is 19.9. The first-order chi connectivity index (χ1) is 12.5. The zero-order valence-corrected chi connectivity index (χ0v) is 16.2. The minimum atomic E-state index is -0.154. The normalized spacial score (nSPS) is 13.9. The maximum absolute atomic E-state index is 12.7. The number of carbonyl (C=O) groups excluding carboxylic acids is 2. The summed E-state index contributed by atoms with van der Waals surface area (Å²) in [6.07, 6.45) is 1.83. The van der Waals surface area contributed by atoms with E-state index in [1.807, 2.05) is 11.0 Å². The highest BCUT2D eigenvalue weighted by Crippen LogP contribution is 2.32. The van der Waals surface area contributed by atoms with Gasteiger partial charge in [0, 0.05) is 37.9 Å². The Bertz CT molecular complexity index is 629. The van der Waals surface area contributed by atoms with Gasteiger partial charge in [0.05, 0.1) is 14.2 Å². The molecule has 1 saturated heterocycles. The minimum absolute atomic E-state index is 0.0104. The van der Waals surface area contributed by atoms with Crippen LogP contribution in [-0.2, 0) is 4.79 Å². The van der Waals surface area contributed by atoms with Crippen molar-refractivity contribution in [3.63, 3.8) is 0 Å². The van der Waals surface area contributed by atoms with Crippen LogP contribution in [-0.4, -0.2) is 68.7 Å². The van der Waals surface area contributed by atoms with E-state index in [9.17, 15) is 9.59 Å². The largest absolute Gasteiger partial charge is 0.493 e. The molecule has 0 aliphatic carbocycles. The molecule has 7 nitrogen and oxygen atoms in total. The lowest BCUT2D eigenvalue weighted by molar-refractivity contribution is -0.131. The highest BCUT2D eigenvalue weighted by Gasteiger charge is 2.32. The van der Waals surface area contributed by atoms with Crippen LogP contribution in [0.3, 0.4) is 0 Å². The lowest BCUT2D eigenvalue weighted by atomic mass is 10.2. The average Bonchev–Trinajstić information content (AvgIpc) is 3.01. The van der Waals surface area contributed by atoms with E-state index in [1.54, 1.807) is 36.2 Å². The predicted molar refractivity (Wildman–Crippen MR) is 101 cm³/mol. The van der Waals surface area contributed by atoms with Crippen LogP contribution in [0.2, 0.25) is 0 Å². The van der Waals surface area contributed by atoms with Crippen molar-refractivity contribution < 1.29 is 19.1 Å². The second-order valence-electron chi connectivity index (χ2n) is 6.28. The topological polar surface area (TPSA) is 62.3 Å². The molecule has 0 atom stereocenters. The molecule has 0 saturated carbocycles. The minimum Gasteiger partial charge on any atom is -0.493 e. The van der Waals surface area contributed by atoms with Crippen LogP contribution < -0.4 is 14.4 Å². The molecule has 0 bridgehead atoms. The lowest BCUT2D eigenvalue weighted by Crippen LogP contribution is -2.42. The van der Waals surface area contributed by atoms with Crippen molar-refractivity contribution in [1.29, 1.82) is 0 Å². The summed E-state index contributed by atoms with van der Waals surface area (Å²) < 4.78 is 10.5. The van der Waals surface area contributed by atoms with Gasteiger partial charge in [0.15, 0.2) is 11.5 Å². The van der Waals surface area contributed by atoms with Gasteiger partial charge in [-0.1, -0.05) is 13.8 Å². The summed E-state index contributed by atoms with van der Waals surface area (Å²) in [6.45, 7) is 6.77. The first-order valence-corrected chi connectivity index (χ1v) is 9.11. The molecule has 1 aliphatic rings. The van der Waals surface area contributed by atoms with E-state index < -0.39 is 0 Å². The molecule has 0 aromatic heterocycles. The molecule has 1 heterocycles. The van der Waals surface area contributed by atoms with Crippen LogP contribution in [0.1, 0.15) is 26.7 Å². The molecule has 0 unspecified atom stereocenters. The zero-order chi connectivity index (χ0) is 19.1. The van der Waals surface area contributed by atoms with Gasteiger partial charge in [-0.2, -0.15) is 0 Å². The third-order valence-electron chi connectivity index (χ3n) is 4.44. The molecule has 0 spiro atoms. The van der Waals surface area contributed by atoms with Crippen LogP contribution in [0.4, 0.5) is 10.5 Å². The zero-order valence-electron chi connectivity index (χ0n) is 16.2. The van der Waals surface area contributed by atoms with Crippen LogP contribution in [0.15, 0.2) is 18.2 Å². The highest BCUT2D eigenvalue weighted by molar-refractivity contribution is 5.96. The molecule has 2 rings (SSSR count). The molecule has 1 aromatic rings. The van der Waals surface area contributed by atoms with Gasteiger partial charge in [0.1, 0.15) is 6.54 Å². The van der Waals surface area contributed by atoms with E-state index in [4.69, 9.17) is 9.47 Å². The van der Waals surface area contributed by atoms with Crippen molar-refractivity contribution in [3.05, 3.63) is 18.2 Å². The van der Waals surface area contributed by atoms with Crippen LogP contribution >= 0.6 is 0 Å². The summed E-state index contributed by atoms with van der Waals surface area (Å²) in [5.41, 5.74) is 0.738. The van der Waals surface area contributed by atoms with Crippen LogP contribution in [0.25, 0.3) is 0 Å². The fourth-order valence-corrected chi connectivity index (χ4v) is 3.13. The van der Waals surface area contributed by atoms with Gasteiger partial charge in [-0.15, -0.1) is 0 Å². The Morgan fingerprint density at radius 3 is 2.31 bits per heavy atom. The van der Waals surface area contributed by atoms with Crippen molar-refractivity contribution in [1.82, 2.24) is 9.80 Å². The standard InChI is InChI=1S/C19H29N3O4/c1-5-9-20(10-6-2)18(23)14-21-11-12-22(19(21)24)15-7-8-16(25-3)17(13-15)26-4/h7-8,13H,5-6,9-12,14H2,1-4H3. The first-order valence-electron chi connectivity index (χ1n) is 9.11. The Balaban J connectivity index is 2.06. The number of amides is 3. The smallest absolute Gasteiger partial charge is 0.325 e. The van der Waals surface area contributed by atoms with Crippen molar-refractivity contribution in [3.8, 4) is 11.5 Å². The van der Waals surface area contributed by atoms with Gasteiger partial charge in [0.25, 0.3) is 0 Å². The predicted octanol–water partition coefficient (Wildman–Crippen LogP) is 2.59. The molecule has 1 fully saturated rings. The summed E-state index contributed by atoms with van der Waals surface area (Å²) in [5, 5.41) is 0. The van der Waals surface area contributed by atoms with Crippen LogP contribution in [0.5, 0.6) is 11.5 Å². The van der Waals surface area contributed by atoms with E-state index in [1.165, 1.54) is 0 Å². The van der Waals surface area contributed by atoms with Gasteiger partial charge < -0.3 is 19.3 Å². The summed E-state index contributed by atoms with van der Waals surface area (Å²) in [6, 6.07) is 5.23. The third kappa shape index (κ3) is 4.39. The molecule has 1 aliphatic heterocycles. The number of benzene rings is 1. The summed E-state index contributed by atoms with van der Waals surface area (Å²) in [4.78, 5) is 30.4. The quantitative estimate of drug-likeness (QED) is 0.677. The summed E-state index contributed by atoms with van der Waals surface area (Å²) in [7, 11) is 3.14. The average molecular weight is 363 g/mol. The molecule has 3 amide bonds. The number of urea groups is 1. The highest BCUT2D eigenvalue weighted by atomic mass is 16.5. The van der Waals surface area contributed by atoms with Crippen LogP contribution in [0, 0.1) is 0 Å². The SMILES string of the molecule is CCCN(CCC)C(=O)CN1CCN(c2ccc(OC)c(OC)c2)C1=O. The van der Waals surface area contributed by atoms with Gasteiger partial charge >= 0.3 is 6.03 Å². The third-order valence-corrected chi connectivity index (χ3v) is 4.44. The maximum atomic E-state index is 12.7.